The van der Waals surface area contributed by atoms with Crippen molar-refractivity contribution in [1.29, 1.82) is 0 Å². The molecule has 0 aromatic rings. The molecule has 0 rings (SSSR count). The fraction of sp³-hybridized carbons (Fsp3) is 0.556. The molecule has 1 nitrogen and oxygen atoms in total. The standard InChI is InChI=1S/C9H16ClN.ClH/c1-4-7-11(8-5-2)9(10)6-3;/h4-5,9H,1-2,6-8H2,3H3;1H. The maximum absolute atomic E-state index is 6.06. The third-order valence-electron chi connectivity index (χ3n) is 1.61. The van der Waals surface area contributed by atoms with Crippen molar-refractivity contribution >= 4 is 11.6 Å². The molecule has 12 heavy (non-hydrogen) atoms. The second kappa shape index (κ2) is 9.11. The van der Waals surface area contributed by atoms with Crippen LogP contribution in [-0.4, -0.2) is 18.6 Å². The van der Waals surface area contributed by atoms with Crippen molar-refractivity contribution in [2.24, 2.45) is 0 Å². The molecule has 0 radical (unpaired) electrons. The summed E-state index contributed by atoms with van der Waals surface area (Å²) in [7, 11) is 0. The highest BCUT2D eigenvalue weighted by Gasteiger charge is 2.13. The lowest BCUT2D eigenvalue weighted by atomic mass is 10.4. The van der Waals surface area contributed by atoms with Crippen molar-refractivity contribution in [3.05, 3.63) is 25.3 Å². The summed E-state index contributed by atoms with van der Waals surface area (Å²) in [5.74, 6) is 0. The topological polar surface area (TPSA) is 4.44 Å². The molecule has 0 aliphatic heterocycles. The molecular weight excluding hydrogens is 193 g/mol. The summed E-state index contributed by atoms with van der Waals surface area (Å²) in [6.45, 7) is 11.3. The maximum Gasteiger partial charge on any atom is 0.163 e. The van der Waals surface area contributed by atoms with Crippen LogP contribution in [0.4, 0.5) is 0 Å². The molecular formula is C9H17Cl2N. The Morgan fingerprint density at radius 2 is 1.75 bits per heavy atom. The van der Waals surface area contributed by atoms with E-state index in [4.69, 9.17) is 11.6 Å². The summed E-state index contributed by atoms with van der Waals surface area (Å²) in [6, 6.07) is 0. The number of nitrogens with one attached hydrogen (secondary N) is 1. The van der Waals surface area contributed by atoms with Crippen molar-refractivity contribution in [3.63, 3.8) is 0 Å². The molecule has 0 saturated carbocycles. The lowest BCUT2D eigenvalue weighted by molar-refractivity contribution is -0.900. The van der Waals surface area contributed by atoms with E-state index in [0.717, 1.165) is 19.5 Å². The monoisotopic (exact) mass is 209 g/mol. The average molecular weight is 210 g/mol. The molecule has 0 fully saturated rings. The lowest BCUT2D eigenvalue weighted by Crippen LogP contribution is -3.14. The van der Waals surface area contributed by atoms with E-state index in [1.165, 1.54) is 4.90 Å². The first-order valence-corrected chi connectivity index (χ1v) is 4.40. The Kier molecular flexibility index (Phi) is 11.0. The van der Waals surface area contributed by atoms with Crippen molar-refractivity contribution in [1.82, 2.24) is 0 Å². The molecule has 1 atom stereocenters. The summed E-state index contributed by atoms with van der Waals surface area (Å²) in [4.78, 5) is 1.32. The van der Waals surface area contributed by atoms with E-state index >= 15 is 0 Å². The fourth-order valence-electron chi connectivity index (χ4n) is 0.999. The predicted molar refractivity (Wildman–Crippen MR) is 51.0 cm³/mol. The minimum Gasteiger partial charge on any atom is -1.00 e. The quantitative estimate of drug-likeness (QED) is 0.300. The molecule has 1 unspecified atom stereocenters. The van der Waals surface area contributed by atoms with Gasteiger partial charge in [-0.1, -0.05) is 31.7 Å². The van der Waals surface area contributed by atoms with Gasteiger partial charge < -0.3 is 17.3 Å². The number of rotatable bonds is 6. The summed E-state index contributed by atoms with van der Waals surface area (Å²) in [5.41, 5.74) is 0.186. The van der Waals surface area contributed by atoms with Gasteiger partial charge in [0, 0.05) is 6.42 Å². The van der Waals surface area contributed by atoms with Gasteiger partial charge in [-0.05, 0) is 12.2 Å². The van der Waals surface area contributed by atoms with Crippen LogP contribution in [0, 0.1) is 0 Å². The van der Waals surface area contributed by atoms with E-state index in [1.807, 2.05) is 12.2 Å². The number of quaternary nitrogens is 1. The highest BCUT2D eigenvalue weighted by atomic mass is 35.5. The van der Waals surface area contributed by atoms with E-state index in [-0.39, 0.29) is 17.9 Å². The molecule has 0 aliphatic rings. The van der Waals surface area contributed by atoms with Gasteiger partial charge in [0.05, 0.1) is 13.1 Å². The highest BCUT2D eigenvalue weighted by Crippen LogP contribution is 1.90. The zero-order valence-electron chi connectivity index (χ0n) is 7.52. The Hall–Kier alpha value is 0.0200. The summed E-state index contributed by atoms with van der Waals surface area (Å²) >= 11 is 6.06. The molecule has 0 amide bonds. The Balaban J connectivity index is 0. The van der Waals surface area contributed by atoms with Gasteiger partial charge in [0.2, 0.25) is 0 Å². The highest BCUT2D eigenvalue weighted by molar-refractivity contribution is 6.19. The van der Waals surface area contributed by atoms with Gasteiger partial charge in [0.25, 0.3) is 0 Å². The summed E-state index contributed by atoms with van der Waals surface area (Å²) in [5, 5.41) is 0. The van der Waals surface area contributed by atoms with E-state index in [1.54, 1.807) is 0 Å². The molecule has 0 spiro atoms. The van der Waals surface area contributed by atoms with Crippen LogP contribution in [0.1, 0.15) is 13.3 Å². The summed E-state index contributed by atoms with van der Waals surface area (Å²) in [6.07, 6.45) is 4.77. The SMILES string of the molecule is C=CC[NH+](CC=C)C(Cl)CC.[Cl-]. The first-order chi connectivity index (χ1) is 5.26. The first kappa shape index (κ1) is 14.5. The lowest BCUT2D eigenvalue weighted by Gasteiger charge is -2.20. The molecule has 0 bridgehead atoms. The van der Waals surface area contributed by atoms with E-state index in [0.29, 0.717) is 0 Å². The van der Waals surface area contributed by atoms with Crippen LogP contribution < -0.4 is 17.3 Å². The molecule has 0 heterocycles. The normalized spacial score (nSPS) is 11.9. The van der Waals surface area contributed by atoms with Crippen LogP contribution in [0.25, 0.3) is 0 Å². The van der Waals surface area contributed by atoms with Gasteiger partial charge >= 0.3 is 0 Å². The maximum atomic E-state index is 6.06. The second-order valence-corrected chi connectivity index (χ2v) is 3.05. The molecule has 72 valence electrons. The van der Waals surface area contributed by atoms with Crippen molar-refractivity contribution in [2.75, 3.05) is 13.1 Å². The Labute approximate surface area is 86.5 Å². The molecule has 0 aromatic heterocycles. The number of hydrogen-bond donors (Lipinski definition) is 1. The summed E-state index contributed by atoms with van der Waals surface area (Å²) < 4.78 is 0. The van der Waals surface area contributed by atoms with Crippen LogP contribution in [0.3, 0.4) is 0 Å². The van der Waals surface area contributed by atoms with Crippen LogP contribution in [0.15, 0.2) is 25.3 Å². The van der Waals surface area contributed by atoms with Gasteiger partial charge in [-0.25, -0.2) is 0 Å². The van der Waals surface area contributed by atoms with E-state index in [2.05, 4.69) is 20.1 Å². The Morgan fingerprint density at radius 1 is 1.33 bits per heavy atom. The minimum atomic E-state index is 0. The molecule has 0 saturated heterocycles. The largest absolute Gasteiger partial charge is 1.00 e. The number of halogens is 2. The van der Waals surface area contributed by atoms with Crippen molar-refractivity contribution in [2.45, 2.75) is 18.8 Å². The van der Waals surface area contributed by atoms with E-state index < -0.39 is 0 Å². The van der Waals surface area contributed by atoms with Gasteiger partial charge in [-0.2, -0.15) is 0 Å². The molecule has 3 heteroatoms. The molecule has 0 aliphatic carbocycles. The Bertz CT molecular complexity index is 116. The zero-order chi connectivity index (χ0) is 8.69. The molecule has 1 N–H and O–H groups in total. The van der Waals surface area contributed by atoms with Crippen LogP contribution in [0.2, 0.25) is 0 Å². The van der Waals surface area contributed by atoms with Gasteiger partial charge in [-0.15, -0.1) is 0 Å². The fourth-order valence-corrected chi connectivity index (χ4v) is 1.18. The van der Waals surface area contributed by atoms with Crippen LogP contribution in [-0.2, 0) is 0 Å². The number of alkyl halides is 1. The third-order valence-corrected chi connectivity index (χ3v) is 2.23. The second-order valence-electron chi connectivity index (χ2n) is 2.52. The zero-order valence-corrected chi connectivity index (χ0v) is 9.04. The van der Waals surface area contributed by atoms with Gasteiger partial charge in [-0.3, -0.25) is 0 Å². The molecule has 0 aromatic carbocycles. The van der Waals surface area contributed by atoms with Gasteiger partial charge in [0.1, 0.15) is 0 Å². The van der Waals surface area contributed by atoms with Crippen LogP contribution >= 0.6 is 11.6 Å². The third kappa shape index (κ3) is 5.64. The number of hydrogen-bond acceptors (Lipinski definition) is 0. The smallest absolute Gasteiger partial charge is 0.163 e. The Morgan fingerprint density at radius 3 is 2.00 bits per heavy atom. The van der Waals surface area contributed by atoms with E-state index in [9.17, 15) is 0 Å². The van der Waals surface area contributed by atoms with Crippen molar-refractivity contribution < 1.29 is 17.3 Å². The average Bonchev–Trinajstić information content (AvgIpc) is 2.03. The van der Waals surface area contributed by atoms with Crippen molar-refractivity contribution in [3.8, 4) is 0 Å². The first-order valence-electron chi connectivity index (χ1n) is 3.96. The van der Waals surface area contributed by atoms with Gasteiger partial charge in [0.15, 0.2) is 5.50 Å². The minimum absolute atomic E-state index is 0. The van der Waals surface area contributed by atoms with Crippen LogP contribution in [0.5, 0.6) is 0 Å². The predicted octanol–water partition coefficient (Wildman–Crippen LogP) is -1.78.